The third-order valence-corrected chi connectivity index (χ3v) is 12.5. The van der Waals surface area contributed by atoms with E-state index in [0.717, 1.165) is 78.6 Å². The summed E-state index contributed by atoms with van der Waals surface area (Å²) in [5.74, 6) is 2.68. The van der Waals surface area contributed by atoms with E-state index in [9.17, 15) is 2.74 Å². The molecule has 66 heavy (non-hydrogen) atoms. The summed E-state index contributed by atoms with van der Waals surface area (Å²) in [6, 6.07) is 43.9. The number of benzene rings is 7. The minimum absolute atomic E-state index is 0.122. The summed E-state index contributed by atoms with van der Waals surface area (Å²) in [5.41, 5.74) is 11.8. The van der Waals surface area contributed by atoms with E-state index in [1.165, 1.54) is 5.56 Å². The third kappa shape index (κ3) is 7.97. The molecule has 0 aliphatic rings. The number of pyridine rings is 1. The SMILES string of the molecule is [2H]c1c([2H])c([2H])c(-c2cccc(-c3cc(C(C)(C)C)cc(C(C)(C)C)c3)c2-[n+]2[c-]n(-c3cccc(Oc4ccc5c6ccccc6n(-c6cc(CC(C)C)ccn6)c5c4)c3)c3cccc(C)c32)c([2H])c1[2H]. The Morgan fingerprint density at radius 1 is 0.652 bits per heavy atom. The largest absolute Gasteiger partial charge is 0.458 e. The molecular formula is C61H58N4O. The van der Waals surface area contributed by atoms with Crippen LogP contribution in [-0.4, -0.2) is 14.1 Å². The Labute approximate surface area is 396 Å². The van der Waals surface area contributed by atoms with Crippen molar-refractivity contribution in [2.45, 2.75) is 79.6 Å². The van der Waals surface area contributed by atoms with Gasteiger partial charge >= 0.3 is 0 Å². The maximum atomic E-state index is 9.24. The maximum Gasteiger partial charge on any atom is 0.269 e. The Hall–Kier alpha value is -7.24. The lowest BCUT2D eigenvalue weighted by atomic mass is 9.78. The second-order valence-electron chi connectivity index (χ2n) is 20.0. The van der Waals surface area contributed by atoms with Gasteiger partial charge in [0.1, 0.15) is 17.3 Å². The first-order valence-electron chi connectivity index (χ1n) is 25.4. The van der Waals surface area contributed by atoms with Crippen LogP contribution in [0.5, 0.6) is 11.5 Å². The Morgan fingerprint density at radius 3 is 2.06 bits per heavy atom. The zero-order valence-electron chi connectivity index (χ0n) is 44.3. The molecule has 0 bridgehead atoms. The smallest absolute Gasteiger partial charge is 0.269 e. The molecule has 0 fully saturated rings. The van der Waals surface area contributed by atoms with Gasteiger partial charge in [-0.05, 0) is 123 Å². The molecule has 3 heterocycles. The van der Waals surface area contributed by atoms with Crippen molar-refractivity contribution in [3.8, 4) is 50.9 Å². The van der Waals surface area contributed by atoms with E-state index in [-0.39, 0.29) is 40.6 Å². The predicted molar refractivity (Wildman–Crippen MR) is 274 cm³/mol. The number of hydrogen-bond acceptors (Lipinski definition) is 2. The molecule has 10 aromatic rings. The van der Waals surface area contributed by atoms with Gasteiger partial charge in [-0.3, -0.25) is 13.7 Å². The zero-order chi connectivity index (χ0) is 50.3. The average molecular weight is 868 g/mol. The quantitative estimate of drug-likeness (QED) is 0.107. The molecular weight excluding hydrogens is 805 g/mol. The second kappa shape index (κ2) is 16.6. The number of fused-ring (bicyclic) bond motifs is 4. The van der Waals surface area contributed by atoms with Crippen molar-refractivity contribution in [2.75, 3.05) is 0 Å². The van der Waals surface area contributed by atoms with Crippen LogP contribution < -0.4 is 9.30 Å². The molecule has 0 radical (unpaired) electrons. The number of para-hydroxylation sites is 3. The van der Waals surface area contributed by atoms with E-state index in [1.54, 1.807) is 0 Å². The summed E-state index contributed by atoms with van der Waals surface area (Å²) in [6.45, 7) is 19.8. The lowest BCUT2D eigenvalue weighted by molar-refractivity contribution is -0.571. The molecule has 328 valence electrons. The van der Waals surface area contributed by atoms with Crippen molar-refractivity contribution >= 4 is 32.8 Å². The molecule has 0 unspecified atom stereocenters. The highest BCUT2D eigenvalue weighted by Gasteiger charge is 2.25. The van der Waals surface area contributed by atoms with Gasteiger partial charge in [-0.2, -0.15) is 0 Å². The van der Waals surface area contributed by atoms with Crippen LogP contribution in [0.4, 0.5) is 0 Å². The average Bonchev–Trinajstić information content (AvgIpc) is 3.89. The van der Waals surface area contributed by atoms with E-state index in [2.05, 4.69) is 158 Å². The zero-order valence-corrected chi connectivity index (χ0v) is 39.3. The van der Waals surface area contributed by atoms with Gasteiger partial charge in [0, 0.05) is 23.0 Å². The molecule has 7 aromatic carbocycles. The van der Waals surface area contributed by atoms with Gasteiger partial charge in [-0.1, -0.05) is 164 Å². The van der Waals surface area contributed by atoms with Crippen LogP contribution >= 0.6 is 0 Å². The molecule has 5 heteroatoms. The highest BCUT2D eigenvalue weighted by atomic mass is 16.5. The van der Waals surface area contributed by atoms with Crippen molar-refractivity contribution in [1.82, 2.24) is 14.1 Å². The molecule has 0 amide bonds. The van der Waals surface area contributed by atoms with Gasteiger partial charge in [0.2, 0.25) is 0 Å². The first-order valence-corrected chi connectivity index (χ1v) is 22.9. The van der Waals surface area contributed by atoms with Crippen LogP contribution in [0.3, 0.4) is 0 Å². The van der Waals surface area contributed by atoms with Crippen molar-refractivity contribution in [3.05, 3.63) is 198 Å². The van der Waals surface area contributed by atoms with Gasteiger partial charge < -0.3 is 4.74 Å². The number of aromatic nitrogens is 4. The van der Waals surface area contributed by atoms with E-state index in [1.807, 2.05) is 63.9 Å². The van der Waals surface area contributed by atoms with Crippen molar-refractivity contribution in [1.29, 1.82) is 0 Å². The Kier molecular flexibility index (Phi) is 9.33. The van der Waals surface area contributed by atoms with Crippen molar-refractivity contribution < 1.29 is 16.2 Å². The molecule has 0 spiro atoms. The summed E-state index contributed by atoms with van der Waals surface area (Å²) < 4.78 is 57.5. The fourth-order valence-electron chi connectivity index (χ4n) is 9.19. The number of rotatable bonds is 9. The van der Waals surface area contributed by atoms with Crippen molar-refractivity contribution in [2.24, 2.45) is 5.92 Å². The number of aryl methyl sites for hydroxylation is 1. The first-order chi connectivity index (χ1) is 33.8. The molecule has 5 nitrogen and oxygen atoms in total. The van der Waals surface area contributed by atoms with Gasteiger partial charge in [0.05, 0.1) is 40.3 Å². The van der Waals surface area contributed by atoms with Crippen molar-refractivity contribution in [3.63, 3.8) is 0 Å². The minimum Gasteiger partial charge on any atom is -0.458 e. The van der Waals surface area contributed by atoms with Crippen LogP contribution in [-0.2, 0) is 17.3 Å². The number of hydrogen-bond donors (Lipinski definition) is 0. The second-order valence-corrected chi connectivity index (χ2v) is 20.0. The molecule has 0 saturated carbocycles. The van der Waals surface area contributed by atoms with Crippen LogP contribution in [0.25, 0.3) is 72.3 Å². The van der Waals surface area contributed by atoms with Gasteiger partial charge in [0.15, 0.2) is 0 Å². The molecule has 0 aliphatic heterocycles. The van der Waals surface area contributed by atoms with E-state index in [4.69, 9.17) is 13.8 Å². The highest BCUT2D eigenvalue weighted by molar-refractivity contribution is 6.09. The third-order valence-electron chi connectivity index (χ3n) is 12.5. The standard InChI is InChI=1S/C61H58N4O/c1-40(2)32-42-30-31-62-57(33-42)65-54-26-14-13-23-52(54)53-29-28-49(38-56(53)65)66-48-22-16-21-47(37-48)63-39-64(58-41(3)18-15-27-55(58)63)59-50(43-19-11-10-12-20-43)24-17-25-51(59)44-34-45(60(4,5)6)36-46(35-44)61(7,8)9/h10-31,33-38,40H,32H2,1-9H3/i10D,11D,12D,19D,20D. The Bertz CT molecular complexity index is 3680. The van der Waals surface area contributed by atoms with E-state index >= 15 is 0 Å². The van der Waals surface area contributed by atoms with Crippen LogP contribution in [0.15, 0.2) is 170 Å². The first kappa shape index (κ1) is 37.0. The summed E-state index contributed by atoms with van der Waals surface area (Å²) in [5, 5.41) is 2.24. The van der Waals surface area contributed by atoms with Crippen LogP contribution in [0.2, 0.25) is 0 Å². The Balaban J connectivity index is 1.16. The monoisotopic (exact) mass is 867 g/mol. The summed E-state index contributed by atoms with van der Waals surface area (Å²) >= 11 is 0. The summed E-state index contributed by atoms with van der Waals surface area (Å²) in [4.78, 5) is 4.87. The molecule has 0 saturated heterocycles. The fourth-order valence-corrected chi connectivity index (χ4v) is 9.19. The van der Waals surface area contributed by atoms with Crippen LogP contribution in [0, 0.1) is 19.2 Å². The number of imidazole rings is 1. The molecule has 0 aliphatic carbocycles. The summed E-state index contributed by atoms with van der Waals surface area (Å²) in [6.07, 6.45) is 6.60. The number of nitrogens with zero attached hydrogens (tertiary/aromatic N) is 4. The predicted octanol–water partition coefficient (Wildman–Crippen LogP) is 15.4. The highest BCUT2D eigenvalue weighted by Crippen LogP contribution is 2.40. The van der Waals surface area contributed by atoms with E-state index in [0.29, 0.717) is 28.7 Å². The summed E-state index contributed by atoms with van der Waals surface area (Å²) in [7, 11) is 0. The fraction of sp³-hybridized carbons (Fsp3) is 0.213. The minimum atomic E-state index is -0.436. The maximum absolute atomic E-state index is 9.24. The molecule has 0 N–H and O–H groups in total. The van der Waals surface area contributed by atoms with Gasteiger partial charge in [0.25, 0.3) is 6.33 Å². The molecule has 3 aromatic heterocycles. The van der Waals surface area contributed by atoms with Gasteiger partial charge in [-0.15, -0.1) is 0 Å². The van der Waals surface area contributed by atoms with E-state index < -0.39 is 6.04 Å². The van der Waals surface area contributed by atoms with Crippen LogP contribution in [0.1, 0.15) is 84.5 Å². The Morgan fingerprint density at radius 2 is 1.32 bits per heavy atom. The molecule has 0 atom stereocenters. The normalized spacial score (nSPS) is 13.3. The lowest BCUT2D eigenvalue weighted by Crippen LogP contribution is -2.32. The number of ether oxygens (including phenoxy) is 1. The lowest BCUT2D eigenvalue weighted by Gasteiger charge is -2.27. The van der Waals surface area contributed by atoms with Gasteiger partial charge in [-0.25, -0.2) is 4.98 Å². The molecule has 10 rings (SSSR count). The topological polar surface area (TPSA) is 35.9 Å².